The molecule has 0 aliphatic carbocycles. The van der Waals surface area contributed by atoms with Gasteiger partial charge in [-0.15, -0.1) is 0 Å². The van der Waals surface area contributed by atoms with Gasteiger partial charge in [-0.05, 0) is 18.6 Å². The first-order valence-electron chi connectivity index (χ1n) is 5.54. The number of amides is 1. The molecule has 104 valence electrons. The smallest absolute Gasteiger partial charge is 0.228 e. The highest BCUT2D eigenvalue weighted by Crippen LogP contribution is 2.31. The van der Waals surface area contributed by atoms with Crippen molar-refractivity contribution in [3.05, 3.63) is 22.2 Å². The zero-order valence-electron chi connectivity index (χ0n) is 9.82. The van der Waals surface area contributed by atoms with Gasteiger partial charge in [-0.2, -0.15) is 0 Å². The number of rotatable bonds is 2. The molecular formula is C11H12Cl2N2O3S. The predicted molar refractivity (Wildman–Crippen MR) is 76.3 cm³/mol. The van der Waals surface area contributed by atoms with Crippen molar-refractivity contribution in [3.63, 3.8) is 0 Å². The Morgan fingerprint density at radius 1 is 1.32 bits per heavy atom. The van der Waals surface area contributed by atoms with E-state index in [1.807, 2.05) is 0 Å². The second-order valence-corrected chi connectivity index (χ2v) is 7.49. The molecule has 1 aliphatic heterocycles. The summed E-state index contributed by atoms with van der Waals surface area (Å²) in [6.45, 7) is 0. The van der Waals surface area contributed by atoms with Crippen LogP contribution in [-0.2, 0) is 14.6 Å². The summed E-state index contributed by atoms with van der Waals surface area (Å²) in [5.74, 6) is -0.943. The molecule has 19 heavy (non-hydrogen) atoms. The number of halogens is 2. The Labute approximate surface area is 121 Å². The molecule has 1 aromatic rings. The van der Waals surface area contributed by atoms with Crippen molar-refractivity contribution in [2.45, 2.75) is 6.42 Å². The summed E-state index contributed by atoms with van der Waals surface area (Å²) in [4.78, 5) is 11.9. The molecule has 5 nitrogen and oxygen atoms in total. The Bertz CT molecular complexity index is 608. The van der Waals surface area contributed by atoms with Gasteiger partial charge < -0.3 is 11.1 Å². The van der Waals surface area contributed by atoms with Crippen LogP contribution >= 0.6 is 23.2 Å². The second-order valence-electron chi connectivity index (χ2n) is 4.44. The molecule has 0 bridgehead atoms. The molecule has 1 aliphatic rings. The van der Waals surface area contributed by atoms with Gasteiger partial charge in [0.15, 0.2) is 9.84 Å². The molecule has 1 amide bonds. The quantitative estimate of drug-likeness (QED) is 0.814. The largest absolute Gasteiger partial charge is 0.396 e. The molecule has 0 saturated carbocycles. The summed E-state index contributed by atoms with van der Waals surface area (Å²) in [5.41, 5.74) is 6.23. The van der Waals surface area contributed by atoms with E-state index < -0.39 is 15.8 Å². The fraction of sp³-hybridized carbons (Fsp3) is 0.364. The highest BCUT2D eigenvalue weighted by molar-refractivity contribution is 7.91. The number of nitrogens with two attached hydrogens (primary N) is 1. The Kier molecular flexibility index (Phi) is 3.94. The Hall–Kier alpha value is -0.980. The first kappa shape index (κ1) is 14.4. The molecule has 1 saturated heterocycles. The van der Waals surface area contributed by atoms with E-state index >= 15 is 0 Å². The van der Waals surface area contributed by atoms with E-state index in [1.165, 1.54) is 12.1 Å². The van der Waals surface area contributed by atoms with Crippen molar-refractivity contribution in [1.82, 2.24) is 0 Å². The molecule has 3 N–H and O–H groups in total. The van der Waals surface area contributed by atoms with E-state index in [-0.39, 0.29) is 33.1 Å². The lowest BCUT2D eigenvalue weighted by Gasteiger charge is -2.11. The van der Waals surface area contributed by atoms with E-state index in [0.29, 0.717) is 12.1 Å². The molecule has 0 aromatic heterocycles. The molecule has 1 unspecified atom stereocenters. The average molecular weight is 323 g/mol. The minimum absolute atomic E-state index is 0.0499. The maximum atomic E-state index is 11.9. The van der Waals surface area contributed by atoms with E-state index in [1.54, 1.807) is 0 Å². The van der Waals surface area contributed by atoms with Crippen LogP contribution in [0.4, 0.5) is 11.4 Å². The minimum Gasteiger partial charge on any atom is -0.396 e. The van der Waals surface area contributed by atoms with Crippen molar-refractivity contribution in [2.75, 3.05) is 22.6 Å². The third-order valence-corrected chi connectivity index (χ3v) is 5.34. The molecule has 1 aromatic carbocycles. The molecule has 1 fully saturated rings. The number of benzene rings is 1. The van der Waals surface area contributed by atoms with Gasteiger partial charge in [-0.25, -0.2) is 8.42 Å². The fourth-order valence-corrected chi connectivity index (χ4v) is 4.13. The van der Waals surface area contributed by atoms with Crippen LogP contribution in [0.2, 0.25) is 10.0 Å². The normalized spacial score (nSPS) is 21.3. The molecule has 1 heterocycles. The third-order valence-electron chi connectivity index (χ3n) is 2.95. The lowest BCUT2D eigenvalue weighted by molar-refractivity contribution is -0.119. The van der Waals surface area contributed by atoms with Gasteiger partial charge in [0.05, 0.1) is 33.2 Å². The molecule has 8 heteroatoms. The Balaban J connectivity index is 2.12. The van der Waals surface area contributed by atoms with Crippen LogP contribution < -0.4 is 11.1 Å². The van der Waals surface area contributed by atoms with Crippen LogP contribution in [0.15, 0.2) is 12.1 Å². The monoisotopic (exact) mass is 322 g/mol. The highest BCUT2D eigenvalue weighted by Gasteiger charge is 2.33. The lowest BCUT2D eigenvalue weighted by atomic mass is 10.1. The summed E-state index contributed by atoms with van der Waals surface area (Å²) in [7, 11) is -3.09. The number of anilines is 2. The molecule has 2 rings (SSSR count). The van der Waals surface area contributed by atoms with Crippen molar-refractivity contribution in [3.8, 4) is 0 Å². The van der Waals surface area contributed by atoms with Crippen molar-refractivity contribution >= 4 is 50.3 Å². The van der Waals surface area contributed by atoms with E-state index in [4.69, 9.17) is 28.9 Å². The van der Waals surface area contributed by atoms with Crippen LogP contribution in [0, 0.1) is 5.92 Å². The van der Waals surface area contributed by atoms with Crippen LogP contribution in [0.25, 0.3) is 0 Å². The van der Waals surface area contributed by atoms with E-state index in [2.05, 4.69) is 5.32 Å². The summed E-state index contributed by atoms with van der Waals surface area (Å²) in [6, 6.07) is 2.95. The Morgan fingerprint density at radius 2 is 1.89 bits per heavy atom. The topological polar surface area (TPSA) is 89.3 Å². The van der Waals surface area contributed by atoms with Crippen LogP contribution in [-0.4, -0.2) is 25.8 Å². The average Bonchev–Trinajstić information content (AvgIpc) is 2.66. The third kappa shape index (κ3) is 3.32. The van der Waals surface area contributed by atoms with Crippen molar-refractivity contribution < 1.29 is 13.2 Å². The molecular weight excluding hydrogens is 311 g/mol. The molecule has 1 atom stereocenters. The zero-order valence-corrected chi connectivity index (χ0v) is 12.1. The number of hydrogen-bond acceptors (Lipinski definition) is 4. The highest BCUT2D eigenvalue weighted by atomic mass is 35.5. The van der Waals surface area contributed by atoms with Crippen LogP contribution in [0.5, 0.6) is 0 Å². The zero-order chi connectivity index (χ0) is 14.2. The first-order chi connectivity index (χ1) is 8.78. The molecule has 0 spiro atoms. The first-order valence-corrected chi connectivity index (χ1v) is 8.12. The number of sulfone groups is 1. The second kappa shape index (κ2) is 5.19. The number of nitrogen functional groups attached to an aromatic ring is 1. The van der Waals surface area contributed by atoms with Gasteiger partial charge in [-0.1, -0.05) is 23.2 Å². The van der Waals surface area contributed by atoms with Gasteiger partial charge in [-0.3, -0.25) is 4.79 Å². The lowest BCUT2D eigenvalue weighted by Crippen LogP contribution is -2.23. The number of carbonyl (C=O) groups is 1. The van der Waals surface area contributed by atoms with Gasteiger partial charge in [0.2, 0.25) is 5.91 Å². The van der Waals surface area contributed by atoms with Gasteiger partial charge >= 0.3 is 0 Å². The number of hydrogen-bond donors (Lipinski definition) is 2. The summed E-state index contributed by atoms with van der Waals surface area (Å²) >= 11 is 11.7. The number of nitrogens with one attached hydrogen (secondary N) is 1. The summed E-state index contributed by atoms with van der Waals surface area (Å²) in [6.07, 6.45) is 0.338. The van der Waals surface area contributed by atoms with E-state index in [0.717, 1.165) is 0 Å². The van der Waals surface area contributed by atoms with Crippen LogP contribution in [0.3, 0.4) is 0 Å². The van der Waals surface area contributed by atoms with Gasteiger partial charge in [0.25, 0.3) is 0 Å². The van der Waals surface area contributed by atoms with Crippen molar-refractivity contribution in [1.29, 1.82) is 0 Å². The fourth-order valence-electron chi connectivity index (χ4n) is 1.90. The predicted octanol–water partition coefficient (Wildman–Crippen LogP) is 1.95. The van der Waals surface area contributed by atoms with E-state index in [9.17, 15) is 13.2 Å². The standard InChI is InChI=1S/C11H12Cl2N2O3S/c12-8-3-7(4-9(13)10(8)14)15-11(16)6-1-2-19(17,18)5-6/h3-4,6H,1-2,5,14H2,(H,15,16). The maximum Gasteiger partial charge on any atom is 0.228 e. The van der Waals surface area contributed by atoms with Gasteiger partial charge in [0, 0.05) is 5.69 Å². The Morgan fingerprint density at radius 3 is 2.37 bits per heavy atom. The maximum absolute atomic E-state index is 11.9. The summed E-state index contributed by atoms with van der Waals surface area (Å²) in [5, 5.41) is 3.08. The SMILES string of the molecule is Nc1c(Cl)cc(NC(=O)C2CCS(=O)(=O)C2)cc1Cl. The number of carbonyl (C=O) groups excluding carboxylic acids is 1. The van der Waals surface area contributed by atoms with Crippen molar-refractivity contribution in [2.24, 2.45) is 5.92 Å². The molecule has 0 radical (unpaired) electrons. The summed E-state index contributed by atoms with van der Waals surface area (Å²) < 4.78 is 22.6. The van der Waals surface area contributed by atoms with Crippen LogP contribution in [0.1, 0.15) is 6.42 Å². The minimum atomic E-state index is -3.09. The van der Waals surface area contributed by atoms with Gasteiger partial charge in [0.1, 0.15) is 0 Å².